The Labute approximate surface area is 217 Å². The average Bonchev–Trinajstić information content (AvgIpc) is 3.26. The number of amides is 1. The molecule has 0 saturated carbocycles. The number of aryl methyl sites for hydroxylation is 1. The van der Waals surface area contributed by atoms with Gasteiger partial charge in [-0.1, -0.05) is 35.9 Å². The summed E-state index contributed by atoms with van der Waals surface area (Å²) in [5.41, 5.74) is 3.97. The lowest BCUT2D eigenvalue weighted by atomic mass is 10.2. The van der Waals surface area contributed by atoms with Gasteiger partial charge in [0.05, 0.1) is 11.2 Å². The molecule has 0 atom stereocenters. The lowest BCUT2D eigenvalue weighted by Gasteiger charge is -2.16. The van der Waals surface area contributed by atoms with E-state index in [2.05, 4.69) is 25.6 Å². The number of para-hydroxylation sites is 1. The monoisotopic (exact) mass is 514 g/mol. The Morgan fingerprint density at radius 3 is 2.31 bits per heavy atom. The molecule has 2 aromatic heterocycles. The van der Waals surface area contributed by atoms with Gasteiger partial charge < -0.3 is 15.5 Å². The van der Waals surface area contributed by atoms with Crippen LogP contribution in [0.5, 0.6) is 0 Å². The van der Waals surface area contributed by atoms with Crippen molar-refractivity contribution < 1.29 is 4.79 Å². The van der Waals surface area contributed by atoms with E-state index in [1.54, 1.807) is 0 Å². The summed E-state index contributed by atoms with van der Waals surface area (Å²) in [7, 11) is 3.92. The lowest BCUT2D eigenvalue weighted by Crippen LogP contribution is -2.13. The highest BCUT2D eigenvalue weighted by Gasteiger charge is 2.17. The van der Waals surface area contributed by atoms with Gasteiger partial charge in [0.25, 0.3) is 5.91 Å². The molecule has 5 rings (SSSR count). The first kappa shape index (κ1) is 23.7. The minimum absolute atomic E-state index is 0.195. The van der Waals surface area contributed by atoms with E-state index in [9.17, 15) is 4.79 Å². The fourth-order valence-electron chi connectivity index (χ4n) is 3.73. The van der Waals surface area contributed by atoms with Crippen LogP contribution in [-0.2, 0) is 0 Å². The fraction of sp³-hybridized carbons (Fsp3) is 0.111. The van der Waals surface area contributed by atoms with Gasteiger partial charge in [-0.05, 0) is 55.5 Å². The van der Waals surface area contributed by atoms with Crippen molar-refractivity contribution in [2.75, 3.05) is 29.6 Å². The Hall–Kier alpha value is -4.01. The Morgan fingerprint density at radius 1 is 0.889 bits per heavy atom. The second kappa shape index (κ2) is 9.93. The predicted octanol–water partition coefficient (Wildman–Crippen LogP) is 6.78. The van der Waals surface area contributed by atoms with E-state index >= 15 is 0 Å². The number of anilines is 4. The van der Waals surface area contributed by atoms with Crippen molar-refractivity contribution in [1.29, 1.82) is 0 Å². The second-order valence-electron chi connectivity index (χ2n) is 8.38. The highest BCUT2D eigenvalue weighted by atomic mass is 35.5. The molecule has 0 radical (unpaired) electrons. The molecule has 36 heavy (non-hydrogen) atoms. The first-order chi connectivity index (χ1) is 17.4. The van der Waals surface area contributed by atoms with E-state index in [-0.39, 0.29) is 5.91 Å². The molecule has 180 valence electrons. The summed E-state index contributed by atoms with van der Waals surface area (Å²) in [5.74, 6) is 1.15. The maximum absolute atomic E-state index is 12.9. The molecular formula is C27H23ClN6OS. The quantitative estimate of drug-likeness (QED) is 0.260. The van der Waals surface area contributed by atoms with Crippen LogP contribution in [0.25, 0.3) is 21.5 Å². The number of carbonyl (C=O) groups is 1. The summed E-state index contributed by atoms with van der Waals surface area (Å²) in [6, 6.07) is 22.8. The molecule has 3 aromatic carbocycles. The minimum atomic E-state index is -0.195. The van der Waals surface area contributed by atoms with Crippen LogP contribution in [0.2, 0.25) is 5.02 Å². The molecule has 5 aromatic rings. The van der Waals surface area contributed by atoms with Gasteiger partial charge in [-0.25, -0.2) is 9.97 Å². The number of halogens is 1. The average molecular weight is 515 g/mol. The Bertz CT molecular complexity index is 1550. The number of nitrogens with zero attached hydrogens (tertiary/aromatic N) is 4. The molecule has 2 N–H and O–H groups in total. The maximum Gasteiger partial charge on any atom is 0.267 e. The molecule has 0 aliphatic carbocycles. The van der Waals surface area contributed by atoms with Gasteiger partial charge in [-0.15, -0.1) is 11.3 Å². The molecule has 9 heteroatoms. The van der Waals surface area contributed by atoms with Crippen molar-refractivity contribution in [3.63, 3.8) is 0 Å². The Morgan fingerprint density at radius 2 is 1.58 bits per heavy atom. The van der Waals surface area contributed by atoms with Gasteiger partial charge in [0.1, 0.15) is 15.7 Å². The number of thiazole rings is 1. The van der Waals surface area contributed by atoms with Crippen LogP contribution in [0.3, 0.4) is 0 Å². The van der Waals surface area contributed by atoms with Gasteiger partial charge in [0, 0.05) is 41.4 Å². The molecule has 0 unspecified atom stereocenters. The number of benzene rings is 3. The fourth-order valence-corrected chi connectivity index (χ4v) is 4.83. The standard InChI is InChI=1S/C27H23ClN6OS/c1-16-23(36-26(29-16)17-8-10-18(28)11-9-17)25(35)30-19-12-14-20(15-13-19)31-27-32-22-7-5-4-6-21(22)24(33-27)34(2)3/h4-15H,1-3H3,(H,30,35)(H,31,32,33). The minimum Gasteiger partial charge on any atom is -0.362 e. The number of aromatic nitrogens is 3. The van der Waals surface area contributed by atoms with Gasteiger partial charge >= 0.3 is 0 Å². The number of fused-ring (bicyclic) bond motifs is 1. The van der Waals surface area contributed by atoms with Crippen LogP contribution in [0, 0.1) is 6.92 Å². The zero-order valence-corrected chi connectivity index (χ0v) is 21.5. The molecule has 0 saturated heterocycles. The van der Waals surface area contributed by atoms with Crippen LogP contribution >= 0.6 is 22.9 Å². The molecular weight excluding hydrogens is 492 g/mol. The molecule has 0 bridgehead atoms. The van der Waals surface area contributed by atoms with Crippen molar-refractivity contribution >= 4 is 62.9 Å². The smallest absolute Gasteiger partial charge is 0.267 e. The van der Waals surface area contributed by atoms with Crippen molar-refractivity contribution in [3.8, 4) is 10.6 Å². The van der Waals surface area contributed by atoms with Gasteiger partial charge in [0.2, 0.25) is 5.95 Å². The van der Waals surface area contributed by atoms with E-state index in [0.29, 0.717) is 27.2 Å². The van der Waals surface area contributed by atoms with Crippen molar-refractivity contribution in [2.45, 2.75) is 6.92 Å². The summed E-state index contributed by atoms with van der Waals surface area (Å²) in [5, 5.41) is 8.65. The van der Waals surface area contributed by atoms with E-state index in [0.717, 1.165) is 33.0 Å². The third-order valence-electron chi connectivity index (χ3n) is 5.50. The van der Waals surface area contributed by atoms with Gasteiger partial charge in [-0.2, -0.15) is 4.98 Å². The highest BCUT2D eigenvalue weighted by Crippen LogP contribution is 2.30. The first-order valence-electron chi connectivity index (χ1n) is 11.2. The summed E-state index contributed by atoms with van der Waals surface area (Å²) in [6.45, 7) is 1.84. The zero-order chi connectivity index (χ0) is 25.2. The third-order valence-corrected chi connectivity index (χ3v) is 6.96. The number of hydrogen-bond acceptors (Lipinski definition) is 7. The number of rotatable bonds is 6. The largest absolute Gasteiger partial charge is 0.362 e. The van der Waals surface area contributed by atoms with Crippen LogP contribution in [-0.4, -0.2) is 35.0 Å². The second-order valence-corrected chi connectivity index (χ2v) is 9.81. The van der Waals surface area contributed by atoms with Crippen molar-refractivity contribution in [2.24, 2.45) is 0 Å². The van der Waals surface area contributed by atoms with Crippen molar-refractivity contribution in [1.82, 2.24) is 15.0 Å². The van der Waals surface area contributed by atoms with Gasteiger partial charge in [0.15, 0.2) is 0 Å². The Balaban J connectivity index is 1.31. The molecule has 1 amide bonds. The van der Waals surface area contributed by atoms with E-state index in [4.69, 9.17) is 11.6 Å². The lowest BCUT2D eigenvalue weighted by molar-refractivity contribution is 0.103. The highest BCUT2D eigenvalue weighted by molar-refractivity contribution is 7.17. The Kier molecular flexibility index (Phi) is 6.54. The maximum atomic E-state index is 12.9. The number of nitrogens with one attached hydrogen (secondary N) is 2. The van der Waals surface area contributed by atoms with E-state index in [1.807, 2.05) is 98.7 Å². The zero-order valence-electron chi connectivity index (χ0n) is 19.9. The van der Waals surface area contributed by atoms with E-state index in [1.165, 1.54) is 11.3 Å². The normalized spacial score (nSPS) is 10.9. The molecule has 2 heterocycles. The summed E-state index contributed by atoms with van der Waals surface area (Å²) in [6.07, 6.45) is 0. The number of carbonyl (C=O) groups excluding carboxylic acids is 1. The number of hydrogen-bond donors (Lipinski definition) is 2. The summed E-state index contributed by atoms with van der Waals surface area (Å²) in [4.78, 5) is 29.3. The van der Waals surface area contributed by atoms with Gasteiger partial charge in [-0.3, -0.25) is 4.79 Å². The molecule has 0 fully saturated rings. The molecule has 0 aliphatic rings. The van der Waals surface area contributed by atoms with Crippen LogP contribution in [0.15, 0.2) is 72.8 Å². The summed E-state index contributed by atoms with van der Waals surface area (Å²) < 4.78 is 0. The van der Waals surface area contributed by atoms with E-state index < -0.39 is 0 Å². The van der Waals surface area contributed by atoms with Crippen molar-refractivity contribution in [3.05, 3.63) is 88.4 Å². The van der Waals surface area contributed by atoms with Crippen LogP contribution in [0.1, 0.15) is 15.4 Å². The topological polar surface area (TPSA) is 83.0 Å². The molecule has 0 spiro atoms. The SMILES string of the molecule is Cc1nc(-c2ccc(Cl)cc2)sc1C(=O)Nc1ccc(Nc2nc(N(C)C)c3ccccc3n2)cc1. The predicted molar refractivity (Wildman–Crippen MR) is 149 cm³/mol. The molecule has 0 aliphatic heterocycles. The first-order valence-corrected chi connectivity index (χ1v) is 12.4. The van der Waals surface area contributed by atoms with Crippen LogP contribution < -0.4 is 15.5 Å². The van der Waals surface area contributed by atoms with Crippen LogP contribution in [0.4, 0.5) is 23.1 Å². The molecule has 7 nitrogen and oxygen atoms in total. The summed E-state index contributed by atoms with van der Waals surface area (Å²) >= 11 is 7.34. The third kappa shape index (κ3) is 5.00.